The Labute approximate surface area is 186 Å². The van der Waals surface area contributed by atoms with E-state index in [0.717, 1.165) is 25.1 Å². The smallest absolute Gasteiger partial charge is 0.271 e. The Morgan fingerprint density at radius 2 is 2.06 bits per heavy atom. The molecule has 2 aromatic rings. The molecule has 2 aliphatic carbocycles. The number of benzene rings is 2. The van der Waals surface area contributed by atoms with Gasteiger partial charge in [-0.1, -0.05) is 31.2 Å². The Kier molecular flexibility index (Phi) is 4.05. The van der Waals surface area contributed by atoms with Crippen molar-refractivity contribution in [3.8, 4) is 5.75 Å². The molecule has 2 aromatic carbocycles. The van der Waals surface area contributed by atoms with Gasteiger partial charge < -0.3 is 20.9 Å². The first-order chi connectivity index (χ1) is 15.3. The van der Waals surface area contributed by atoms with Crippen molar-refractivity contribution in [3.05, 3.63) is 58.7 Å². The molecule has 2 fully saturated rings. The maximum atomic E-state index is 13.9. The number of likely N-dealkylation sites (tertiary alicyclic amines) is 1. The highest BCUT2D eigenvalue weighted by atomic mass is 16.6. The molecule has 3 atom stereocenters. The van der Waals surface area contributed by atoms with Crippen LogP contribution in [0.4, 0.5) is 5.69 Å². The van der Waals surface area contributed by atoms with Gasteiger partial charge in [0.05, 0.1) is 12.1 Å². The lowest BCUT2D eigenvalue weighted by Gasteiger charge is -2.36. The van der Waals surface area contributed by atoms with Crippen LogP contribution in [0, 0.1) is 5.92 Å². The second-order valence-electron chi connectivity index (χ2n) is 9.65. The van der Waals surface area contributed by atoms with E-state index in [1.165, 1.54) is 12.8 Å². The third-order valence-electron chi connectivity index (χ3n) is 7.70. The third kappa shape index (κ3) is 2.49. The highest BCUT2D eigenvalue weighted by molar-refractivity contribution is 6.15. The van der Waals surface area contributed by atoms with Gasteiger partial charge in [-0.3, -0.25) is 14.5 Å². The molecule has 7 nitrogen and oxygen atoms in total. The zero-order valence-corrected chi connectivity index (χ0v) is 18.1. The Hall–Kier alpha value is -2.90. The lowest BCUT2D eigenvalue weighted by atomic mass is 9.81. The molecule has 1 saturated heterocycles. The largest absolute Gasteiger partial charge is 0.454 e. The van der Waals surface area contributed by atoms with Gasteiger partial charge in [0.1, 0.15) is 5.75 Å². The van der Waals surface area contributed by atoms with Crippen LogP contribution in [-0.4, -0.2) is 41.3 Å². The minimum atomic E-state index is -2.05. The zero-order chi connectivity index (χ0) is 22.3. The van der Waals surface area contributed by atoms with E-state index in [1.807, 2.05) is 23.1 Å². The van der Waals surface area contributed by atoms with Gasteiger partial charge >= 0.3 is 0 Å². The first-order valence-electron chi connectivity index (χ1n) is 11.4. The van der Waals surface area contributed by atoms with Crippen molar-refractivity contribution in [2.45, 2.75) is 43.4 Å². The summed E-state index contributed by atoms with van der Waals surface area (Å²) in [5.74, 6) is -1.35. The summed E-state index contributed by atoms with van der Waals surface area (Å²) in [7, 11) is 0. The number of nitrogens with two attached hydrogens (primary N) is 1. The predicted molar refractivity (Wildman–Crippen MR) is 118 cm³/mol. The van der Waals surface area contributed by atoms with Crippen molar-refractivity contribution in [1.29, 1.82) is 0 Å². The number of carbonyl (C=O) groups is 2. The fourth-order valence-electron chi connectivity index (χ4n) is 5.53. The molecule has 32 heavy (non-hydrogen) atoms. The first-order valence-corrected chi connectivity index (χ1v) is 11.4. The SMILES string of the molecule is CC(c1ccc2c(c1)O[C@]1(O)c3cccc(N)c3C(=O)[C@]21NC(=O)CN1CCC1)C1CC1. The van der Waals surface area contributed by atoms with Crippen molar-refractivity contribution >= 4 is 17.4 Å². The fraction of sp³-hybridized carbons (Fsp3) is 0.440. The number of nitrogen functional groups attached to an aromatic ring is 1. The molecule has 2 aliphatic heterocycles. The van der Waals surface area contributed by atoms with Crippen LogP contribution in [0.3, 0.4) is 0 Å². The van der Waals surface area contributed by atoms with Crippen LogP contribution in [0.5, 0.6) is 5.75 Å². The number of fused-ring (bicyclic) bond motifs is 5. The summed E-state index contributed by atoms with van der Waals surface area (Å²) in [6, 6.07) is 10.7. The standard InChI is InChI=1S/C25H27N3O4/c1-14(15-6-7-15)16-8-9-17-20(12-16)32-25(31)18-4-2-5-19(26)22(18)23(30)24(17,25)27-21(29)13-28-10-3-11-28/h2,4-5,8-9,12,14-15,31H,3,6-7,10-11,13,26H2,1H3,(H,27,29)/t14?,24-,25-/m1/s1. The van der Waals surface area contributed by atoms with Crippen molar-refractivity contribution < 1.29 is 19.4 Å². The quantitative estimate of drug-likeness (QED) is 0.625. The summed E-state index contributed by atoms with van der Waals surface area (Å²) in [5.41, 5.74) is 6.73. The van der Waals surface area contributed by atoms with E-state index in [2.05, 4.69) is 12.2 Å². The topological polar surface area (TPSA) is 105 Å². The highest BCUT2D eigenvalue weighted by Gasteiger charge is 2.72. The van der Waals surface area contributed by atoms with Crippen LogP contribution in [0.2, 0.25) is 0 Å². The summed E-state index contributed by atoms with van der Waals surface area (Å²) < 4.78 is 6.16. The lowest BCUT2D eigenvalue weighted by molar-refractivity contribution is -0.175. The molecule has 6 rings (SSSR count). The Morgan fingerprint density at radius 3 is 2.75 bits per heavy atom. The number of ketones is 1. The average molecular weight is 434 g/mol. The molecule has 166 valence electrons. The van der Waals surface area contributed by atoms with E-state index in [-0.39, 0.29) is 23.7 Å². The van der Waals surface area contributed by atoms with Gasteiger partial charge in [0.2, 0.25) is 17.2 Å². The minimum Gasteiger partial charge on any atom is -0.454 e. The molecule has 0 aromatic heterocycles. The molecular formula is C25H27N3O4. The molecule has 0 bridgehead atoms. The van der Waals surface area contributed by atoms with Crippen LogP contribution in [0.25, 0.3) is 0 Å². The molecule has 1 amide bonds. The molecule has 4 N–H and O–H groups in total. The van der Waals surface area contributed by atoms with Gasteiger partial charge in [-0.15, -0.1) is 0 Å². The minimum absolute atomic E-state index is 0.170. The van der Waals surface area contributed by atoms with E-state index in [1.54, 1.807) is 18.2 Å². The summed E-state index contributed by atoms with van der Waals surface area (Å²) in [6.45, 7) is 4.06. The zero-order valence-electron chi connectivity index (χ0n) is 18.1. The number of nitrogens with one attached hydrogen (secondary N) is 1. The van der Waals surface area contributed by atoms with E-state index in [9.17, 15) is 14.7 Å². The number of anilines is 1. The van der Waals surface area contributed by atoms with Crippen LogP contribution < -0.4 is 15.8 Å². The molecule has 1 saturated carbocycles. The third-order valence-corrected chi connectivity index (χ3v) is 7.70. The van der Waals surface area contributed by atoms with Crippen molar-refractivity contribution in [2.75, 3.05) is 25.4 Å². The summed E-state index contributed by atoms with van der Waals surface area (Å²) >= 11 is 0. The van der Waals surface area contributed by atoms with Crippen LogP contribution in [-0.2, 0) is 16.1 Å². The lowest BCUT2D eigenvalue weighted by Crippen LogP contribution is -2.61. The van der Waals surface area contributed by atoms with Gasteiger partial charge in [-0.2, -0.15) is 0 Å². The number of amides is 1. The second-order valence-corrected chi connectivity index (χ2v) is 9.65. The monoisotopic (exact) mass is 433 g/mol. The molecular weight excluding hydrogens is 406 g/mol. The second kappa shape index (κ2) is 6.56. The fourth-order valence-corrected chi connectivity index (χ4v) is 5.53. The van der Waals surface area contributed by atoms with Crippen LogP contribution in [0.1, 0.15) is 59.2 Å². The maximum Gasteiger partial charge on any atom is 0.271 e. The van der Waals surface area contributed by atoms with E-state index < -0.39 is 17.1 Å². The van der Waals surface area contributed by atoms with E-state index in [4.69, 9.17) is 10.5 Å². The molecule has 7 heteroatoms. The van der Waals surface area contributed by atoms with Gasteiger partial charge in [0, 0.05) is 16.8 Å². The Bertz CT molecular complexity index is 1160. The highest BCUT2D eigenvalue weighted by Crippen LogP contribution is 2.59. The van der Waals surface area contributed by atoms with Crippen molar-refractivity contribution in [2.24, 2.45) is 5.92 Å². The van der Waals surface area contributed by atoms with Crippen LogP contribution >= 0.6 is 0 Å². The predicted octanol–water partition coefficient (Wildman–Crippen LogP) is 2.23. The number of carbonyl (C=O) groups excluding carboxylic acids is 2. The average Bonchev–Trinajstić information content (AvgIpc) is 3.52. The first kappa shape index (κ1) is 19.8. The molecule has 2 heterocycles. The van der Waals surface area contributed by atoms with Crippen molar-refractivity contribution in [3.63, 3.8) is 0 Å². The Balaban J connectivity index is 1.48. The number of aliphatic hydroxyl groups is 1. The number of Topliss-reactive ketones (excluding diaryl/α,β-unsaturated/α-hetero) is 1. The van der Waals surface area contributed by atoms with Crippen molar-refractivity contribution in [1.82, 2.24) is 10.2 Å². The maximum absolute atomic E-state index is 13.9. The van der Waals surface area contributed by atoms with E-state index >= 15 is 0 Å². The summed E-state index contributed by atoms with van der Waals surface area (Å²) in [6.07, 6.45) is 3.48. The molecule has 1 unspecified atom stereocenters. The summed E-state index contributed by atoms with van der Waals surface area (Å²) in [5, 5.41) is 14.8. The number of hydrogen-bond donors (Lipinski definition) is 3. The van der Waals surface area contributed by atoms with Gasteiger partial charge in [-0.25, -0.2) is 0 Å². The van der Waals surface area contributed by atoms with Crippen LogP contribution in [0.15, 0.2) is 36.4 Å². The Morgan fingerprint density at radius 1 is 1.28 bits per heavy atom. The number of nitrogens with zero attached hydrogens (tertiary/aromatic N) is 1. The number of hydrogen-bond acceptors (Lipinski definition) is 6. The number of rotatable bonds is 5. The normalized spacial score (nSPS) is 28.9. The molecule has 4 aliphatic rings. The van der Waals surface area contributed by atoms with Gasteiger partial charge in [0.15, 0.2) is 0 Å². The number of ether oxygens (including phenoxy) is 1. The van der Waals surface area contributed by atoms with Gasteiger partial charge in [-0.05, 0) is 61.9 Å². The van der Waals surface area contributed by atoms with E-state index in [0.29, 0.717) is 28.7 Å². The molecule has 0 spiro atoms. The molecule has 0 radical (unpaired) electrons. The summed E-state index contributed by atoms with van der Waals surface area (Å²) in [4.78, 5) is 28.9. The van der Waals surface area contributed by atoms with Gasteiger partial charge in [0.25, 0.3) is 5.79 Å².